The molecule has 1 aromatic rings. The second kappa shape index (κ2) is 5.03. The van der Waals surface area contributed by atoms with Crippen LogP contribution >= 0.6 is 0 Å². The molecule has 1 aromatic heterocycles. The topological polar surface area (TPSA) is 70.4 Å². The van der Waals surface area contributed by atoms with E-state index in [2.05, 4.69) is 5.10 Å². The maximum atomic E-state index is 11.9. The van der Waals surface area contributed by atoms with Gasteiger partial charge >= 0.3 is 12.1 Å². The van der Waals surface area contributed by atoms with Crippen molar-refractivity contribution >= 4 is 12.1 Å². The molecular formula is C13H20N2O4. The highest BCUT2D eigenvalue weighted by atomic mass is 16.6. The van der Waals surface area contributed by atoms with Gasteiger partial charge in [-0.25, -0.2) is 9.59 Å². The minimum Gasteiger partial charge on any atom is -0.455 e. The van der Waals surface area contributed by atoms with Crippen molar-refractivity contribution in [2.45, 2.75) is 52.7 Å². The summed E-state index contributed by atoms with van der Waals surface area (Å²) in [4.78, 5) is 23.8. The Kier molecular flexibility index (Phi) is 4.03. The van der Waals surface area contributed by atoms with Crippen molar-refractivity contribution in [1.29, 1.82) is 0 Å². The normalized spacial score (nSPS) is 12.1. The Morgan fingerprint density at radius 2 is 1.58 bits per heavy atom. The van der Waals surface area contributed by atoms with Crippen LogP contribution in [0.5, 0.6) is 0 Å². The van der Waals surface area contributed by atoms with Crippen molar-refractivity contribution in [3.05, 3.63) is 18.0 Å². The predicted molar refractivity (Wildman–Crippen MR) is 69.0 cm³/mol. The number of nitrogens with zero attached hydrogens (tertiary/aromatic N) is 2. The fourth-order valence-electron chi connectivity index (χ4n) is 1.24. The van der Waals surface area contributed by atoms with E-state index in [1.54, 1.807) is 41.5 Å². The van der Waals surface area contributed by atoms with Gasteiger partial charge in [0, 0.05) is 0 Å². The zero-order chi connectivity index (χ0) is 14.8. The summed E-state index contributed by atoms with van der Waals surface area (Å²) in [6.07, 6.45) is 0.641. The average molecular weight is 268 g/mol. The quantitative estimate of drug-likeness (QED) is 0.732. The fraction of sp³-hybridized carbons (Fsp3) is 0.615. The molecule has 0 radical (unpaired) electrons. The van der Waals surface area contributed by atoms with E-state index in [1.165, 1.54) is 12.3 Å². The Balaban J connectivity index is 2.92. The first-order valence-corrected chi connectivity index (χ1v) is 6.00. The van der Waals surface area contributed by atoms with Gasteiger partial charge in [0.1, 0.15) is 11.2 Å². The molecule has 1 heterocycles. The van der Waals surface area contributed by atoms with E-state index in [0.717, 1.165) is 4.68 Å². The van der Waals surface area contributed by atoms with Gasteiger partial charge in [-0.1, -0.05) is 0 Å². The summed E-state index contributed by atoms with van der Waals surface area (Å²) in [7, 11) is 0. The largest absolute Gasteiger partial charge is 0.455 e. The van der Waals surface area contributed by atoms with Gasteiger partial charge in [-0.3, -0.25) is 0 Å². The van der Waals surface area contributed by atoms with Gasteiger partial charge in [-0.2, -0.15) is 9.78 Å². The monoisotopic (exact) mass is 268 g/mol. The molecule has 19 heavy (non-hydrogen) atoms. The maximum absolute atomic E-state index is 11.9. The number of hydrogen-bond acceptors (Lipinski definition) is 5. The van der Waals surface area contributed by atoms with Crippen molar-refractivity contribution in [2.24, 2.45) is 0 Å². The summed E-state index contributed by atoms with van der Waals surface area (Å²) in [5.74, 6) is -0.615. The van der Waals surface area contributed by atoms with Crippen LogP contribution in [-0.4, -0.2) is 33.0 Å². The SMILES string of the molecule is CC(C)(C)OC(=O)c1ccnn1C(=O)OC(C)(C)C. The molecule has 0 aliphatic heterocycles. The van der Waals surface area contributed by atoms with Crippen LogP contribution in [0, 0.1) is 0 Å². The summed E-state index contributed by atoms with van der Waals surface area (Å²) in [5, 5.41) is 3.79. The van der Waals surface area contributed by atoms with Crippen molar-refractivity contribution in [3.8, 4) is 0 Å². The third-order valence-electron chi connectivity index (χ3n) is 1.82. The van der Waals surface area contributed by atoms with Gasteiger partial charge in [0.2, 0.25) is 0 Å². The van der Waals surface area contributed by atoms with Crippen molar-refractivity contribution < 1.29 is 19.1 Å². The average Bonchev–Trinajstić information content (AvgIpc) is 2.59. The molecule has 0 atom stereocenters. The summed E-state index contributed by atoms with van der Waals surface area (Å²) >= 11 is 0. The Morgan fingerprint density at radius 1 is 1.05 bits per heavy atom. The number of ether oxygens (including phenoxy) is 2. The lowest BCUT2D eigenvalue weighted by molar-refractivity contribution is 0.00461. The zero-order valence-corrected chi connectivity index (χ0v) is 12.2. The minimum absolute atomic E-state index is 0.0455. The van der Waals surface area contributed by atoms with Crippen LogP contribution in [0.1, 0.15) is 52.0 Å². The molecule has 0 amide bonds. The summed E-state index contributed by atoms with van der Waals surface area (Å²) < 4.78 is 11.3. The molecule has 6 heteroatoms. The number of aromatic nitrogens is 2. The van der Waals surface area contributed by atoms with Crippen LogP contribution in [-0.2, 0) is 9.47 Å². The van der Waals surface area contributed by atoms with E-state index in [-0.39, 0.29) is 5.69 Å². The molecule has 0 aliphatic carbocycles. The maximum Gasteiger partial charge on any atom is 0.436 e. The van der Waals surface area contributed by atoms with Crippen molar-refractivity contribution in [3.63, 3.8) is 0 Å². The van der Waals surface area contributed by atoms with Crippen LogP contribution in [0.4, 0.5) is 4.79 Å². The van der Waals surface area contributed by atoms with E-state index in [1.807, 2.05) is 0 Å². The zero-order valence-electron chi connectivity index (χ0n) is 12.2. The highest BCUT2D eigenvalue weighted by molar-refractivity contribution is 5.91. The number of rotatable bonds is 1. The third kappa shape index (κ3) is 4.73. The third-order valence-corrected chi connectivity index (χ3v) is 1.82. The van der Waals surface area contributed by atoms with Crippen LogP contribution in [0.2, 0.25) is 0 Å². The van der Waals surface area contributed by atoms with E-state index >= 15 is 0 Å². The van der Waals surface area contributed by atoms with Crippen molar-refractivity contribution in [1.82, 2.24) is 9.78 Å². The molecule has 0 saturated heterocycles. The lowest BCUT2D eigenvalue weighted by Gasteiger charge is -2.21. The highest BCUT2D eigenvalue weighted by Gasteiger charge is 2.26. The second-order valence-corrected chi connectivity index (χ2v) is 6.11. The van der Waals surface area contributed by atoms with E-state index in [9.17, 15) is 9.59 Å². The van der Waals surface area contributed by atoms with Gasteiger partial charge in [-0.15, -0.1) is 0 Å². The van der Waals surface area contributed by atoms with E-state index in [4.69, 9.17) is 9.47 Å². The smallest absolute Gasteiger partial charge is 0.436 e. The number of carbonyl (C=O) groups excluding carboxylic acids is 2. The molecule has 0 aliphatic rings. The molecule has 106 valence electrons. The highest BCUT2D eigenvalue weighted by Crippen LogP contribution is 2.14. The Labute approximate surface area is 112 Å². The Hall–Kier alpha value is -1.85. The van der Waals surface area contributed by atoms with Gasteiger partial charge in [-0.05, 0) is 47.6 Å². The molecule has 0 spiro atoms. The van der Waals surface area contributed by atoms with Crippen molar-refractivity contribution in [2.75, 3.05) is 0 Å². The second-order valence-electron chi connectivity index (χ2n) is 6.11. The number of esters is 1. The Morgan fingerprint density at radius 3 is 2.05 bits per heavy atom. The van der Waals surface area contributed by atoms with Gasteiger partial charge in [0.05, 0.1) is 6.20 Å². The molecule has 0 fully saturated rings. The lowest BCUT2D eigenvalue weighted by atomic mass is 10.2. The number of hydrogen-bond donors (Lipinski definition) is 0. The molecule has 6 nitrogen and oxygen atoms in total. The van der Waals surface area contributed by atoms with E-state index in [0.29, 0.717) is 0 Å². The fourth-order valence-corrected chi connectivity index (χ4v) is 1.24. The summed E-state index contributed by atoms with van der Waals surface area (Å²) in [6, 6.07) is 1.41. The Bertz CT molecular complexity index is 435. The summed E-state index contributed by atoms with van der Waals surface area (Å²) in [6.45, 7) is 10.5. The first kappa shape index (κ1) is 15.2. The van der Waals surface area contributed by atoms with Crippen LogP contribution in [0.15, 0.2) is 12.3 Å². The minimum atomic E-state index is -0.710. The molecule has 0 aromatic carbocycles. The van der Waals surface area contributed by atoms with Gasteiger partial charge in [0.25, 0.3) is 0 Å². The number of carbonyl (C=O) groups is 2. The molecule has 0 unspecified atom stereocenters. The van der Waals surface area contributed by atoms with Crippen LogP contribution in [0.25, 0.3) is 0 Å². The lowest BCUT2D eigenvalue weighted by Crippen LogP contribution is -2.31. The molecule has 1 rings (SSSR count). The van der Waals surface area contributed by atoms with Crippen LogP contribution in [0.3, 0.4) is 0 Å². The molecule has 0 bridgehead atoms. The van der Waals surface area contributed by atoms with Gasteiger partial charge < -0.3 is 9.47 Å². The van der Waals surface area contributed by atoms with E-state index < -0.39 is 23.3 Å². The van der Waals surface area contributed by atoms with Gasteiger partial charge in [0.15, 0.2) is 5.69 Å². The molecule has 0 saturated carbocycles. The predicted octanol–water partition coefficient (Wildman–Crippen LogP) is 2.62. The van der Waals surface area contributed by atoms with Crippen LogP contribution < -0.4 is 0 Å². The molecular weight excluding hydrogens is 248 g/mol. The standard InChI is InChI=1S/C13H20N2O4/c1-12(2,3)18-10(16)9-7-8-14-15(9)11(17)19-13(4,5)6/h7-8H,1-6H3. The first-order valence-electron chi connectivity index (χ1n) is 6.00. The summed E-state index contributed by atoms with van der Waals surface area (Å²) in [5.41, 5.74) is -1.25. The first-order chi connectivity index (χ1) is 8.49. The molecule has 0 N–H and O–H groups in total.